The SMILES string of the molecule is C=CC(=O)[O-].CC[O-].[Ti+2]. The maximum Gasteiger partial charge on any atom is 2.00 e. The molecule has 4 heteroatoms. The van der Waals surface area contributed by atoms with Gasteiger partial charge in [0.15, 0.2) is 0 Å². The number of hydrogen-bond acceptors (Lipinski definition) is 3. The topological polar surface area (TPSA) is 63.2 Å². The predicted molar refractivity (Wildman–Crippen MR) is 25.7 cm³/mol. The zero-order valence-electron chi connectivity index (χ0n) is 5.22. The van der Waals surface area contributed by atoms with Gasteiger partial charge in [0.2, 0.25) is 0 Å². The summed E-state index contributed by atoms with van der Waals surface area (Å²) in [5, 5.41) is 18.1. The summed E-state index contributed by atoms with van der Waals surface area (Å²) in [6, 6.07) is 0. The summed E-state index contributed by atoms with van der Waals surface area (Å²) in [4.78, 5) is 9.14. The molecular formula is C5H8O3Ti. The molecule has 0 atom stereocenters. The average molecular weight is 164 g/mol. The predicted octanol–water partition coefficient (Wildman–Crippen LogP) is -1.71. The summed E-state index contributed by atoms with van der Waals surface area (Å²) in [5.41, 5.74) is 0. The molecule has 0 aliphatic carbocycles. The van der Waals surface area contributed by atoms with Crippen LogP contribution >= 0.6 is 0 Å². The Kier molecular flexibility index (Phi) is 27.8. The van der Waals surface area contributed by atoms with E-state index in [4.69, 9.17) is 15.0 Å². The molecule has 0 N–H and O–H groups in total. The Morgan fingerprint density at radius 1 is 1.78 bits per heavy atom. The van der Waals surface area contributed by atoms with E-state index in [0.29, 0.717) is 0 Å². The van der Waals surface area contributed by atoms with Gasteiger partial charge in [0.05, 0.1) is 5.97 Å². The van der Waals surface area contributed by atoms with E-state index in [1.165, 1.54) is 0 Å². The second-order valence-electron chi connectivity index (χ2n) is 0.812. The van der Waals surface area contributed by atoms with Crippen molar-refractivity contribution in [1.82, 2.24) is 0 Å². The first-order valence-electron chi connectivity index (χ1n) is 2.10. The van der Waals surface area contributed by atoms with Crippen molar-refractivity contribution in [2.45, 2.75) is 6.92 Å². The molecule has 3 nitrogen and oxygen atoms in total. The molecule has 0 saturated carbocycles. The van der Waals surface area contributed by atoms with Crippen LogP contribution in [-0.2, 0) is 26.5 Å². The molecule has 0 amide bonds. The molecule has 0 aliphatic heterocycles. The van der Waals surface area contributed by atoms with Crippen LogP contribution in [0.25, 0.3) is 0 Å². The van der Waals surface area contributed by atoms with E-state index in [1.807, 2.05) is 0 Å². The monoisotopic (exact) mass is 164 g/mol. The van der Waals surface area contributed by atoms with Gasteiger partial charge in [-0.05, 0) is 6.08 Å². The van der Waals surface area contributed by atoms with Crippen molar-refractivity contribution < 1.29 is 36.7 Å². The Labute approximate surface area is 69.3 Å². The molecule has 0 radical (unpaired) electrons. The summed E-state index contributed by atoms with van der Waals surface area (Å²) in [5.74, 6) is -1.23. The fraction of sp³-hybridized carbons (Fsp3) is 0.400. The number of hydrogen-bond donors (Lipinski definition) is 0. The first kappa shape index (κ1) is 15.9. The number of carboxylic acid groups (broad SMARTS) is 1. The molecule has 50 valence electrons. The Bertz CT molecular complexity index is 72.6. The maximum atomic E-state index is 9.14. The fourth-order valence-electron chi connectivity index (χ4n) is 0. The number of rotatable bonds is 1. The smallest absolute Gasteiger partial charge is 0.855 e. The zero-order chi connectivity index (χ0) is 6.99. The third kappa shape index (κ3) is 76.9. The van der Waals surface area contributed by atoms with Gasteiger partial charge < -0.3 is 15.0 Å². The molecule has 0 rings (SSSR count). The number of carbonyl (C=O) groups is 1. The number of carbonyl (C=O) groups excluding carboxylic acids is 1. The Hall–Kier alpha value is -0.116. The van der Waals surface area contributed by atoms with Crippen molar-refractivity contribution in [3.8, 4) is 0 Å². The Balaban J connectivity index is -0.0000000800. The van der Waals surface area contributed by atoms with Gasteiger partial charge in [-0.25, -0.2) is 0 Å². The maximum absolute atomic E-state index is 9.14. The van der Waals surface area contributed by atoms with E-state index in [9.17, 15) is 0 Å². The minimum absolute atomic E-state index is 0. The van der Waals surface area contributed by atoms with Crippen molar-refractivity contribution in [2.24, 2.45) is 0 Å². The van der Waals surface area contributed by atoms with E-state index in [1.54, 1.807) is 6.92 Å². The van der Waals surface area contributed by atoms with E-state index >= 15 is 0 Å². The third-order valence-corrected chi connectivity index (χ3v) is 0.167. The van der Waals surface area contributed by atoms with Gasteiger partial charge in [0, 0.05) is 0 Å². The second kappa shape index (κ2) is 15.7. The summed E-state index contributed by atoms with van der Waals surface area (Å²) < 4.78 is 0. The molecule has 0 aliphatic rings. The Morgan fingerprint density at radius 3 is 1.89 bits per heavy atom. The van der Waals surface area contributed by atoms with Crippen LogP contribution in [0.15, 0.2) is 12.7 Å². The molecule has 0 bridgehead atoms. The second-order valence-corrected chi connectivity index (χ2v) is 0.812. The summed E-state index contributed by atoms with van der Waals surface area (Å²) in [6.07, 6.45) is 0.722. The standard InChI is InChI=1S/C3H4O2.C2H5O.Ti/c1-2-3(4)5;1-2-3;/h2H,1H2,(H,4,5);2H2,1H3;/q;-1;+2/p-1. The molecule has 0 spiro atoms. The van der Waals surface area contributed by atoms with E-state index in [0.717, 1.165) is 6.08 Å². The number of aliphatic carboxylic acids is 1. The summed E-state index contributed by atoms with van der Waals surface area (Å²) in [6.45, 7) is 4.47. The third-order valence-electron chi connectivity index (χ3n) is 0.167. The largest absolute Gasteiger partial charge is 2.00 e. The minimum atomic E-state index is -1.23. The first-order chi connectivity index (χ1) is 3.68. The van der Waals surface area contributed by atoms with E-state index in [-0.39, 0.29) is 28.3 Å². The van der Waals surface area contributed by atoms with Crippen molar-refractivity contribution in [3.05, 3.63) is 12.7 Å². The van der Waals surface area contributed by atoms with Crippen LogP contribution in [-0.4, -0.2) is 12.6 Å². The molecule has 0 aromatic carbocycles. The molecule has 0 fully saturated rings. The molecule has 0 unspecified atom stereocenters. The van der Waals surface area contributed by atoms with Crippen molar-refractivity contribution >= 4 is 5.97 Å². The summed E-state index contributed by atoms with van der Waals surface area (Å²) in [7, 11) is 0. The van der Waals surface area contributed by atoms with Gasteiger partial charge in [-0.15, -0.1) is 6.61 Å². The number of carboxylic acids is 1. The normalized spacial score (nSPS) is 5.56. The van der Waals surface area contributed by atoms with Crippen LogP contribution in [0.3, 0.4) is 0 Å². The molecule has 0 heterocycles. The minimum Gasteiger partial charge on any atom is -0.855 e. The van der Waals surface area contributed by atoms with Gasteiger partial charge in [-0.1, -0.05) is 13.5 Å². The van der Waals surface area contributed by atoms with Gasteiger partial charge in [0.25, 0.3) is 0 Å². The molecule has 0 saturated heterocycles. The van der Waals surface area contributed by atoms with Crippen molar-refractivity contribution in [2.75, 3.05) is 6.61 Å². The molecule has 9 heavy (non-hydrogen) atoms. The molecule has 0 aromatic rings. The Morgan fingerprint density at radius 2 is 1.89 bits per heavy atom. The van der Waals surface area contributed by atoms with E-state index in [2.05, 4.69) is 6.58 Å². The first-order valence-corrected chi connectivity index (χ1v) is 2.10. The average Bonchev–Trinajstić information content (AvgIpc) is 1.69. The van der Waals surface area contributed by atoms with Crippen LogP contribution in [0.5, 0.6) is 0 Å². The summed E-state index contributed by atoms with van der Waals surface area (Å²) >= 11 is 0. The fourth-order valence-corrected chi connectivity index (χ4v) is 0. The van der Waals surface area contributed by atoms with E-state index < -0.39 is 5.97 Å². The van der Waals surface area contributed by atoms with Crippen LogP contribution in [0.4, 0.5) is 0 Å². The van der Waals surface area contributed by atoms with Crippen molar-refractivity contribution in [3.63, 3.8) is 0 Å². The molecule has 0 aromatic heterocycles. The quantitative estimate of drug-likeness (QED) is 0.342. The van der Waals surface area contributed by atoms with Crippen LogP contribution in [0.2, 0.25) is 0 Å². The van der Waals surface area contributed by atoms with Gasteiger partial charge in [-0.3, -0.25) is 0 Å². The zero-order valence-corrected chi connectivity index (χ0v) is 6.78. The van der Waals surface area contributed by atoms with Gasteiger partial charge >= 0.3 is 21.7 Å². The van der Waals surface area contributed by atoms with Crippen molar-refractivity contribution in [1.29, 1.82) is 0 Å². The van der Waals surface area contributed by atoms with Gasteiger partial charge in [-0.2, -0.15) is 0 Å². The van der Waals surface area contributed by atoms with Gasteiger partial charge in [0.1, 0.15) is 0 Å². The molecular weight excluding hydrogens is 156 g/mol. The van der Waals surface area contributed by atoms with Crippen LogP contribution in [0, 0.1) is 0 Å². The van der Waals surface area contributed by atoms with Crippen LogP contribution in [0.1, 0.15) is 6.92 Å². The van der Waals surface area contributed by atoms with Crippen LogP contribution < -0.4 is 10.2 Å².